The third kappa shape index (κ3) is 5.25. The molecule has 2 aromatic carbocycles. The number of amides is 1. The van der Waals surface area contributed by atoms with Crippen molar-refractivity contribution in [3.8, 4) is 0 Å². The van der Waals surface area contributed by atoms with Gasteiger partial charge in [-0.2, -0.15) is 0 Å². The summed E-state index contributed by atoms with van der Waals surface area (Å²) in [5, 5.41) is 16.8. The van der Waals surface area contributed by atoms with Crippen molar-refractivity contribution in [2.24, 2.45) is 0 Å². The molecule has 7 nitrogen and oxygen atoms in total. The average molecular weight is 361 g/mol. The Balaban J connectivity index is 2.00. The van der Waals surface area contributed by atoms with Crippen molar-refractivity contribution in [1.82, 2.24) is 5.32 Å². The molecule has 2 N–H and O–H groups in total. The average Bonchev–Trinajstić information content (AvgIpc) is 2.63. The van der Waals surface area contributed by atoms with E-state index in [-0.39, 0.29) is 23.6 Å². The lowest BCUT2D eigenvalue weighted by Gasteiger charge is -2.09. The molecule has 0 saturated carbocycles. The van der Waals surface area contributed by atoms with Crippen LogP contribution >= 0.6 is 0 Å². The highest BCUT2D eigenvalue weighted by Gasteiger charge is 2.17. The summed E-state index contributed by atoms with van der Waals surface area (Å²) in [6, 6.07) is 10.5. The van der Waals surface area contributed by atoms with Gasteiger partial charge < -0.3 is 15.4 Å². The number of nitro groups is 1. The number of nitrogens with zero attached hydrogens (tertiary/aromatic N) is 1. The Kier molecular flexibility index (Phi) is 7.04. The molecule has 0 aromatic heterocycles. The van der Waals surface area contributed by atoms with E-state index in [9.17, 15) is 19.3 Å². The number of carbonyl (C=O) groups is 1. The van der Waals surface area contributed by atoms with Gasteiger partial charge in [-0.15, -0.1) is 0 Å². The van der Waals surface area contributed by atoms with Crippen LogP contribution in [0, 0.1) is 15.9 Å². The maximum atomic E-state index is 13.5. The van der Waals surface area contributed by atoms with E-state index in [4.69, 9.17) is 4.74 Å². The number of rotatable bonds is 9. The van der Waals surface area contributed by atoms with Gasteiger partial charge in [0.25, 0.3) is 11.6 Å². The van der Waals surface area contributed by atoms with Gasteiger partial charge in [0.15, 0.2) is 0 Å². The van der Waals surface area contributed by atoms with Gasteiger partial charge in [-0.3, -0.25) is 14.9 Å². The van der Waals surface area contributed by atoms with Crippen molar-refractivity contribution in [2.45, 2.75) is 6.42 Å². The van der Waals surface area contributed by atoms with Crippen LogP contribution in [0.25, 0.3) is 0 Å². The van der Waals surface area contributed by atoms with Crippen molar-refractivity contribution in [1.29, 1.82) is 0 Å². The predicted octanol–water partition coefficient (Wildman–Crippen LogP) is 2.76. The maximum absolute atomic E-state index is 13.5. The number of hydrogen-bond donors (Lipinski definition) is 2. The van der Waals surface area contributed by atoms with Crippen molar-refractivity contribution in [3.05, 3.63) is 69.5 Å². The van der Waals surface area contributed by atoms with E-state index in [1.165, 1.54) is 31.4 Å². The number of ether oxygens (including phenoxy) is 1. The topological polar surface area (TPSA) is 93.5 Å². The molecular weight excluding hydrogens is 341 g/mol. The summed E-state index contributed by atoms with van der Waals surface area (Å²) in [5.74, 6) is -0.781. The molecule has 138 valence electrons. The van der Waals surface area contributed by atoms with Crippen LogP contribution < -0.4 is 10.6 Å². The standard InChI is InChI=1S/C18H20FN3O4/c1-26-11-10-20-16-7-6-14(12-17(16)22(24)25)18(23)21-9-8-13-4-2-3-5-15(13)19/h2-7,12,20H,8-11H2,1H3,(H,21,23). The van der Waals surface area contributed by atoms with Gasteiger partial charge in [0, 0.05) is 31.8 Å². The second-order valence-electron chi connectivity index (χ2n) is 5.51. The Morgan fingerprint density at radius 1 is 1.23 bits per heavy atom. The van der Waals surface area contributed by atoms with Gasteiger partial charge in [-0.05, 0) is 30.2 Å². The van der Waals surface area contributed by atoms with Crippen LogP contribution in [0.5, 0.6) is 0 Å². The molecule has 1 amide bonds. The summed E-state index contributed by atoms with van der Waals surface area (Å²) >= 11 is 0. The molecule has 2 rings (SSSR count). The number of nitro benzene ring substituents is 1. The monoisotopic (exact) mass is 361 g/mol. The molecule has 0 heterocycles. The van der Waals surface area contributed by atoms with Crippen LogP contribution in [-0.2, 0) is 11.2 Å². The molecule has 0 spiro atoms. The number of hydrogen-bond acceptors (Lipinski definition) is 5. The summed E-state index contributed by atoms with van der Waals surface area (Å²) in [6.07, 6.45) is 0.331. The fraction of sp³-hybridized carbons (Fsp3) is 0.278. The van der Waals surface area contributed by atoms with E-state index >= 15 is 0 Å². The smallest absolute Gasteiger partial charge is 0.293 e. The van der Waals surface area contributed by atoms with Crippen LogP contribution in [0.1, 0.15) is 15.9 Å². The van der Waals surface area contributed by atoms with Crippen molar-refractivity contribution in [2.75, 3.05) is 32.1 Å². The van der Waals surface area contributed by atoms with Gasteiger partial charge in [0.1, 0.15) is 11.5 Å². The van der Waals surface area contributed by atoms with Crippen LogP contribution in [0.15, 0.2) is 42.5 Å². The van der Waals surface area contributed by atoms with Crippen molar-refractivity contribution < 1.29 is 18.8 Å². The molecule has 0 unspecified atom stereocenters. The molecule has 0 saturated heterocycles. The maximum Gasteiger partial charge on any atom is 0.293 e. The molecule has 8 heteroatoms. The third-order valence-electron chi connectivity index (χ3n) is 3.72. The van der Waals surface area contributed by atoms with Crippen LogP contribution in [0.4, 0.5) is 15.8 Å². The largest absolute Gasteiger partial charge is 0.383 e. The lowest BCUT2D eigenvalue weighted by Crippen LogP contribution is -2.26. The highest BCUT2D eigenvalue weighted by atomic mass is 19.1. The zero-order valence-corrected chi connectivity index (χ0v) is 14.3. The molecule has 0 bridgehead atoms. The molecule has 2 aromatic rings. The second kappa shape index (κ2) is 9.47. The first-order valence-electron chi connectivity index (χ1n) is 8.05. The SMILES string of the molecule is COCCNc1ccc(C(=O)NCCc2ccccc2F)cc1[N+](=O)[O-]. The van der Waals surface area contributed by atoms with Crippen LogP contribution in [0.2, 0.25) is 0 Å². The second-order valence-corrected chi connectivity index (χ2v) is 5.51. The summed E-state index contributed by atoms with van der Waals surface area (Å²) in [4.78, 5) is 22.9. The Morgan fingerprint density at radius 3 is 2.69 bits per heavy atom. The minimum Gasteiger partial charge on any atom is -0.383 e. The number of anilines is 1. The normalized spacial score (nSPS) is 10.4. The first-order valence-corrected chi connectivity index (χ1v) is 8.05. The van der Waals surface area contributed by atoms with E-state index < -0.39 is 10.8 Å². The molecule has 0 aliphatic carbocycles. The van der Waals surface area contributed by atoms with Crippen molar-refractivity contribution >= 4 is 17.3 Å². The first-order chi connectivity index (χ1) is 12.5. The number of methoxy groups -OCH3 is 1. The summed E-state index contributed by atoms with van der Waals surface area (Å²) in [5.41, 5.74) is 0.789. The highest BCUT2D eigenvalue weighted by Crippen LogP contribution is 2.25. The molecule has 26 heavy (non-hydrogen) atoms. The Morgan fingerprint density at radius 2 is 2.00 bits per heavy atom. The molecule has 0 fully saturated rings. The zero-order valence-electron chi connectivity index (χ0n) is 14.3. The first kappa shape index (κ1) is 19.3. The van der Waals surface area contributed by atoms with Gasteiger partial charge in [-0.25, -0.2) is 4.39 Å². The quantitative estimate of drug-likeness (QED) is 0.407. The molecule has 0 aliphatic heterocycles. The minimum atomic E-state index is -0.550. The van der Waals surface area contributed by atoms with E-state index in [1.807, 2.05) is 0 Å². The summed E-state index contributed by atoms with van der Waals surface area (Å²) in [6.45, 7) is 1.03. The number of nitrogens with one attached hydrogen (secondary N) is 2. The lowest BCUT2D eigenvalue weighted by molar-refractivity contribution is -0.384. The van der Waals surface area contributed by atoms with Gasteiger partial charge >= 0.3 is 0 Å². The minimum absolute atomic E-state index is 0.169. The fourth-order valence-corrected chi connectivity index (χ4v) is 2.38. The van der Waals surface area contributed by atoms with E-state index in [1.54, 1.807) is 18.2 Å². The van der Waals surface area contributed by atoms with E-state index in [0.717, 1.165) is 0 Å². The van der Waals surface area contributed by atoms with Gasteiger partial charge in [-0.1, -0.05) is 18.2 Å². The summed E-state index contributed by atoms with van der Waals surface area (Å²) < 4.78 is 18.4. The molecular formula is C18H20FN3O4. The summed E-state index contributed by atoms with van der Waals surface area (Å²) in [7, 11) is 1.53. The van der Waals surface area contributed by atoms with Crippen molar-refractivity contribution in [3.63, 3.8) is 0 Å². The number of carbonyl (C=O) groups excluding carboxylic acids is 1. The third-order valence-corrected chi connectivity index (χ3v) is 3.72. The van der Waals surface area contributed by atoms with E-state index in [2.05, 4.69) is 10.6 Å². The van der Waals surface area contributed by atoms with Crippen LogP contribution in [0.3, 0.4) is 0 Å². The molecule has 0 radical (unpaired) electrons. The zero-order chi connectivity index (χ0) is 18.9. The molecule has 0 aliphatic rings. The van der Waals surface area contributed by atoms with Gasteiger partial charge in [0.05, 0.1) is 11.5 Å². The highest BCUT2D eigenvalue weighted by molar-refractivity contribution is 5.95. The fourth-order valence-electron chi connectivity index (χ4n) is 2.38. The van der Waals surface area contributed by atoms with E-state index in [0.29, 0.717) is 30.8 Å². The number of benzene rings is 2. The Labute approximate surface area is 150 Å². The van der Waals surface area contributed by atoms with Crippen LogP contribution in [-0.4, -0.2) is 37.6 Å². The Hall–Kier alpha value is -3.00. The Bertz CT molecular complexity index is 783. The predicted molar refractivity (Wildman–Crippen MR) is 95.9 cm³/mol. The lowest BCUT2D eigenvalue weighted by atomic mass is 10.1. The molecule has 0 atom stereocenters. The number of halogens is 1. The van der Waals surface area contributed by atoms with Gasteiger partial charge in [0.2, 0.25) is 0 Å².